The average Bonchev–Trinajstić information content (AvgIpc) is 3.31. The number of nitrogens with zero attached hydrogens (tertiary/aromatic N) is 2. The zero-order chi connectivity index (χ0) is 22.5. The number of amides is 3. The number of carbonyl (C=O) groups excluding carboxylic acids is 3. The Hall–Kier alpha value is -2.80. The molecule has 0 bridgehead atoms. The molecule has 31 heavy (non-hydrogen) atoms. The highest BCUT2D eigenvalue weighted by Gasteiger charge is 2.36. The summed E-state index contributed by atoms with van der Waals surface area (Å²) in [4.78, 5) is 42.1. The normalized spacial score (nSPS) is 18.4. The molecule has 1 aromatic heterocycles. The lowest BCUT2D eigenvalue weighted by Gasteiger charge is -2.41. The smallest absolute Gasteiger partial charge is 0.289 e. The molecule has 7 nitrogen and oxygen atoms in total. The Morgan fingerprint density at radius 2 is 1.90 bits per heavy atom. The zero-order valence-electron chi connectivity index (χ0n) is 18.0. The molecular formula is C23H28ClN3O4. The van der Waals surface area contributed by atoms with Crippen LogP contribution in [0.3, 0.4) is 0 Å². The van der Waals surface area contributed by atoms with Crippen molar-refractivity contribution in [1.29, 1.82) is 0 Å². The Labute approximate surface area is 187 Å². The second-order valence-corrected chi connectivity index (χ2v) is 8.39. The third-order valence-corrected chi connectivity index (χ3v) is 6.06. The van der Waals surface area contributed by atoms with Crippen LogP contribution >= 0.6 is 11.6 Å². The van der Waals surface area contributed by atoms with Gasteiger partial charge >= 0.3 is 0 Å². The van der Waals surface area contributed by atoms with Crippen LogP contribution in [-0.4, -0.2) is 59.2 Å². The molecule has 3 atom stereocenters. The maximum atomic E-state index is 13.3. The first-order valence-corrected chi connectivity index (χ1v) is 10.9. The van der Waals surface area contributed by atoms with Crippen LogP contribution in [0.4, 0.5) is 0 Å². The number of nitrogens with one attached hydrogen (secondary N) is 1. The van der Waals surface area contributed by atoms with Crippen molar-refractivity contribution < 1.29 is 18.8 Å². The third kappa shape index (κ3) is 5.28. The monoisotopic (exact) mass is 445 g/mol. The third-order valence-electron chi connectivity index (χ3n) is 5.80. The number of furan rings is 1. The molecule has 0 aliphatic carbocycles. The van der Waals surface area contributed by atoms with Gasteiger partial charge in [-0.05, 0) is 49.2 Å². The molecule has 1 fully saturated rings. The van der Waals surface area contributed by atoms with Gasteiger partial charge in [0.1, 0.15) is 6.04 Å². The Morgan fingerprint density at radius 3 is 2.48 bits per heavy atom. The minimum Gasteiger partial charge on any atom is -0.459 e. The zero-order valence-corrected chi connectivity index (χ0v) is 18.8. The van der Waals surface area contributed by atoms with Gasteiger partial charge in [-0.15, -0.1) is 0 Å². The number of carbonyl (C=O) groups is 3. The molecule has 3 rings (SSSR count). The molecule has 1 aliphatic rings. The summed E-state index contributed by atoms with van der Waals surface area (Å²) in [6, 6.07) is 9.07. The predicted molar refractivity (Wildman–Crippen MR) is 118 cm³/mol. The molecule has 1 aromatic carbocycles. The predicted octanol–water partition coefficient (Wildman–Crippen LogP) is 3.45. The fraction of sp³-hybridized carbons (Fsp3) is 0.435. The first-order valence-electron chi connectivity index (χ1n) is 10.5. The topological polar surface area (TPSA) is 82.9 Å². The van der Waals surface area contributed by atoms with Gasteiger partial charge in [0, 0.05) is 36.3 Å². The summed E-state index contributed by atoms with van der Waals surface area (Å²) in [6.07, 6.45) is 2.21. The lowest BCUT2D eigenvalue weighted by atomic mass is 9.96. The van der Waals surface area contributed by atoms with Crippen LogP contribution in [0.1, 0.15) is 48.1 Å². The van der Waals surface area contributed by atoms with Gasteiger partial charge in [0.05, 0.1) is 6.26 Å². The van der Waals surface area contributed by atoms with Crippen LogP contribution in [0.5, 0.6) is 0 Å². The summed E-state index contributed by atoms with van der Waals surface area (Å²) in [5.74, 6) is -0.371. The molecule has 0 radical (unpaired) electrons. The van der Waals surface area contributed by atoms with Gasteiger partial charge in [0.2, 0.25) is 5.91 Å². The molecule has 2 aromatic rings. The molecule has 1 N–H and O–H groups in total. The van der Waals surface area contributed by atoms with Crippen molar-refractivity contribution in [3.8, 4) is 0 Å². The summed E-state index contributed by atoms with van der Waals surface area (Å²) in [6.45, 7) is 7.05. The molecule has 3 unspecified atom stereocenters. The molecule has 166 valence electrons. The number of piperazine rings is 1. The standard InChI is InChI=1S/C23H28ClN3O4/c1-4-15(2)20(25-21(28)17-7-9-18(24)10-8-17)23(30)26-11-12-27(16(3)14-26)22(29)19-6-5-13-31-19/h5-10,13,15-16,20H,4,11-12,14H2,1-3H3,(H,25,28). The Bertz CT molecular complexity index is 913. The lowest BCUT2D eigenvalue weighted by Crippen LogP contribution is -2.60. The van der Waals surface area contributed by atoms with Crippen molar-refractivity contribution in [3.63, 3.8) is 0 Å². The maximum Gasteiger partial charge on any atom is 0.289 e. The molecule has 2 heterocycles. The van der Waals surface area contributed by atoms with E-state index in [2.05, 4.69) is 5.32 Å². The highest BCUT2D eigenvalue weighted by atomic mass is 35.5. The second kappa shape index (κ2) is 10.0. The number of rotatable bonds is 6. The van der Waals surface area contributed by atoms with Gasteiger partial charge in [-0.1, -0.05) is 31.9 Å². The maximum absolute atomic E-state index is 13.3. The summed E-state index contributed by atoms with van der Waals surface area (Å²) in [5, 5.41) is 3.45. The highest BCUT2D eigenvalue weighted by molar-refractivity contribution is 6.30. The fourth-order valence-electron chi connectivity index (χ4n) is 3.71. The van der Waals surface area contributed by atoms with Gasteiger partial charge in [-0.2, -0.15) is 0 Å². The minimum absolute atomic E-state index is 0.0400. The van der Waals surface area contributed by atoms with Crippen LogP contribution in [-0.2, 0) is 4.79 Å². The lowest BCUT2D eigenvalue weighted by molar-refractivity contribution is -0.137. The Morgan fingerprint density at radius 1 is 1.19 bits per heavy atom. The van der Waals surface area contributed by atoms with Crippen LogP contribution < -0.4 is 5.32 Å². The Kier molecular flexibility index (Phi) is 7.38. The van der Waals surface area contributed by atoms with E-state index in [9.17, 15) is 14.4 Å². The average molecular weight is 446 g/mol. The van der Waals surface area contributed by atoms with E-state index in [-0.39, 0.29) is 29.7 Å². The van der Waals surface area contributed by atoms with Crippen LogP contribution in [0, 0.1) is 5.92 Å². The largest absolute Gasteiger partial charge is 0.459 e. The minimum atomic E-state index is -0.646. The van der Waals surface area contributed by atoms with Crippen molar-refractivity contribution in [2.24, 2.45) is 5.92 Å². The molecular weight excluding hydrogens is 418 g/mol. The van der Waals surface area contributed by atoms with Crippen LogP contribution in [0.15, 0.2) is 47.1 Å². The van der Waals surface area contributed by atoms with Gasteiger partial charge in [0.15, 0.2) is 5.76 Å². The molecule has 0 saturated carbocycles. The van der Waals surface area contributed by atoms with E-state index in [1.807, 2.05) is 20.8 Å². The van der Waals surface area contributed by atoms with Crippen molar-refractivity contribution in [3.05, 3.63) is 59.0 Å². The van der Waals surface area contributed by atoms with Crippen molar-refractivity contribution >= 4 is 29.3 Å². The fourth-order valence-corrected chi connectivity index (χ4v) is 3.83. The SMILES string of the molecule is CCC(C)C(NC(=O)c1ccc(Cl)cc1)C(=O)N1CCN(C(=O)c2ccco2)C(C)C1. The molecule has 1 saturated heterocycles. The van der Waals surface area contributed by atoms with Gasteiger partial charge in [0.25, 0.3) is 11.8 Å². The summed E-state index contributed by atoms with van der Waals surface area (Å²) >= 11 is 5.90. The van der Waals surface area contributed by atoms with E-state index in [0.29, 0.717) is 36.0 Å². The van der Waals surface area contributed by atoms with Crippen molar-refractivity contribution in [2.75, 3.05) is 19.6 Å². The number of hydrogen-bond donors (Lipinski definition) is 1. The van der Waals surface area contributed by atoms with E-state index < -0.39 is 6.04 Å². The number of benzene rings is 1. The van der Waals surface area contributed by atoms with E-state index in [4.69, 9.17) is 16.0 Å². The summed E-state index contributed by atoms with van der Waals surface area (Å²) in [7, 11) is 0. The van der Waals surface area contributed by atoms with E-state index >= 15 is 0 Å². The molecule has 8 heteroatoms. The number of halogens is 1. The molecule has 0 spiro atoms. The first kappa shape index (κ1) is 22.9. The van der Waals surface area contributed by atoms with Gasteiger partial charge in [-0.3, -0.25) is 14.4 Å². The van der Waals surface area contributed by atoms with E-state index in [1.54, 1.807) is 46.2 Å². The Balaban J connectivity index is 1.68. The molecule has 3 amide bonds. The number of hydrogen-bond acceptors (Lipinski definition) is 4. The van der Waals surface area contributed by atoms with E-state index in [1.165, 1.54) is 6.26 Å². The van der Waals surface area contributed by atoms with E-state index in [0.717, 1.165) is 6.42 Å². The van der Waals surface area contributed by atoms with Crippen molar-refractivity contribution in [1.82, 2.24) is 15.1 Å². The molecule has 1 aliphatic heterocycles. The second-order valence-electron chi connectivity index (χ2n) is 7.95. The quantitative estimate of drug-likeness (QED) is 0.738. The summed E-state index contributed by atoms with van der Waals surface area (Å²) in [5.41, 5.74) is 0.452. The van der Waals surface area contributed by atoms with Crippen LogP contribution in [0.2, 0.25) is 5.02 Å². The van der Waals surface area contributed by atoms with Gasteiger partial charge < -0.3 is 19.5 Å². The summed E-state index contributed by atoms with van der Waals surface area (Å²) < 4.78 is 5.22. The van der Waals surface area contributed by atoms with Crippen LogP contribution in [0.25, 0.3) is 0 Å². The first-order chi connectivity index (χ1) is 14.8. The van der Waals surface area contributed by atoms with Crippen molar-refractivity contribution in [2.45, 2.75) is 39.3 Å². The van der Waals surface area contributed by atoms with Gasteiger partial charge in [-0.25, -0.2) is 0 Å². The highest BCUT2D eigenvalue weighted by Crippen LogP contribution is 2.18.